The first kappa shape index (κ1) is 14.7. The van der Waals surface area contributed by atoms with Gasteiger partial charge in [0.25, 0.3) is 0 Å². The fourth-order valence-electron chi connectivity index (χ4n) is 1.80. The van der Waals surface area contributed by atoms with E-state index in [4.69, 9.17) is 11.0 Å². The predicted octanol–water partition coefficient (Wildman–Crippen LogP) is 2.20. The quantitative estimate of drug-likeness (QED) is 0.881. The average Bonchev–Trinajstić information content (AvgIpc) is 2.78. The molecule has 0 saturated heterocycles. The van der Waals surface area contributed by atoms with Gasteiger partial charge >= 0.3 is 0 Å². The fraction of sp³-hybridized carbons (Fsp3) is 0.231. The molecule has 0 spiro atoms. The van der Waals surface area contributed by atoms with Gasteiger partial charge in [-0.2, -0.15) is 5.26 Å². The molecule has 0 atom stereocenters. The van der Waals surface area contributed by atoms with Crippen LogP contribution in [0.1, 0.15) is 12.5 Å². The van der Waals surface area contributed by atoms with E-state index < -0.39 is 17.5 Å². The SMILES string of the molecule is CCN(C)c1nn(-c2cc(F)c(F)cc2F)c(N)c1C#N. The Hall–Kier alpha value is -2.69. The van der Waals surface area contributed by atoms with Gasteiger partial charge in [0.05, 0.1) is 0 Å². The zero-order chi connectivity index (χ0) is 15.7. The molecule has 110 valence electrons. The minimum absolute atomic E-state index is 0.0449. The van der Waals surface area contributed by atoms with Crippen molar-refractivity contribution in [1.29, 1.82) is 5.26 Å². The maximum absolute atomic E-state index is 13.8. The monoisotopic (exact) mass is 295 g/mol. The number of halogens is 3. The number of hydrogen-bond donors (Lipinski definition) is 1. The van der Waals surface area contributed by atoms with Crippen LogP contribution in [0.5, 0.6) is 0 Å². The van der Waals surface area contributed by atoms with E-state index in [1.807, 2.05) is 13.0 Å². The summed E-state index contributed by atoms with van der Waals surface area (Å²) in [7, 11) is 1.68. The smallest absolute Gasteiger partial charge is 0.171 e. The van der Waals surface area contributed by atoms with Crippen molar-refractivity contribution in [2.75, 3.05) is 24.2 Å². The Balaban J connectivity index is 2.69. The number of aromatic nitrogens is 2. The number of rotatable bonds is 3. The molecule has 0 bridgehead atoms. The normalized spacial score (nSPS) is 10.5. The first-order valence-corrected chi connectivity index (χ1v) is 6.05. The Morgan fingerprint density at radius 1 is 1.29 bits per heavy atom. The summed E-state index contributed by atoms with van der Waals surface area (Å²) in [5.41, 5.74) is 5.45. The maximum atomic E-state index is 13.8. The molecule has 8 heteroatoms. The van der Waals surface area contributed by atoms with Crippen LogP contribution in [-0.4, -0.2) is 23.4 Å². The summed E-state index contributed by atoms with van der Waals surface area (Å²) in [5, 5.41) is 13.2. The van der Waals surface area contributed by atoms with Crippen LogP contribution in [0.4, 0.5) is 24.8 Å². The highest BCUT2D eigenvalue weighted by Gasteiger charge is 2.21. The van der Waals surface area contributed by atoms with Gasteiger partial charge in [-0.15, -0.1) is 5.10 Å². The van der Waals surface area contributed by atoms with Crippen molar-refractivity contribution in [3.05, 3.63) is 35.1 Å². The second kappa shape index (κ2) is 5.36. The number of nitrogens with zero attached hydrogens (tertiary/aromatic N) is 4. The van der Waals surface area contributed by atoms with Crippen molar-refractivity contribution >= 4 is 11.6 Å². The van der Waals surface area contributed by atoms with Crippen LogP contribution >= 0.6 is 0 Å². The van der Waals surface area contributed by atoms with Gasteiger partial charge in [-0.3, -0.25) is 0 Å². The summed E-state index contributed by atoms with van der Waals surface area (Å²) in [4.78, 5) is 1.63. The van der Waals surface area contributed by atoms with Crippen LogP contribution in [0.2, 0.25) is 0 Å². The lowest BCUT2D eigenvalue weighted by molar-refractivity contribution is 0.491. The van der Waals surface area contributed by atoms with Crippen LogP contribution in [0.15, 0.2) is 12.1 Å². The van der Waals surface area contributed by atoms with Gasteiger partial charge < -0.3 is 10.6 Å². The molecule has 2 aromatic rings. The van der Waals surface area contributed by atoms with E-state index in [0.29, 0.717) is 18.7 Å². The Morgan fingerprint density at radius 3 is 2.48 bits per heavy atom. The van der Waals surface area contributed by atoms with Gasteiger partial charge in [0.2, 0.25) is 0 Å². The maximum Gasteiger partial charge on any atom is 0.171 e. The molecular weight excluding hydrogens is 283 g/mol. The van der Waals surface area contributed by atoms with Gasteiger partial charge in [-0.05, 0) is 6.92 Å². The molecule has 21 heavy (non-hydrogen) atoms. The van der Waals surface area contributed by atoms with Crippen molar-refractivity contribution in [3.8, 4) is 11.8 Å². The van der Waals surface area contributed by atoms with Gasteiger partial charge in [-0.25, -0.2) is 17.9 Å². The Labute approximate surface area is 119 Å². The first-order valence-electron chi connectivity index (χ1n) is 6.05. The van der Waals surface area contributed by atoms with Gasteiger partial charge in [-0.1, -0.05) is 0 Å². The Bertz CT molecular complexity index is 732. The number of nitrogens with two attached hydrogens (primary N) is 1. The molecule has 2 rings (SSSR count). The second-order valence-electron chi connectivity index (χ2n) is 4.34. The fourth-order valence-corrected chi connectivity index (χ4v) is 1.80. The highest BCUT2D eigenvalue weighted by molar-refractivity contribution is 5.67. The van der Waals surface area contributed by atoms with Crippen LogP contribution in [-0.2, 0) is 0 Å². The molecule has 5 nitrogen and oxygen atoms in total. The van der Waals surface area contributed by atoms with Crippen LogP contribution in [0.3, 0.4) is 0 Å². The van der Waals surface area contributed by atoms with Crippen molar-refractivity contribution < 1.29 is 13.2 Å². The lowest BCUT2D eigenvalue weighted by Gasteiger charge is -2.12. The zero-order valence-electron chi connectivity index (χ0n) is 11.4. The van der Waals surface area contributed by atoms with E-state index in [1.54, 1.807) is 11.9 Å². The number of hydrogen-bond acceptors (Lipinski definition) is 4. The van der Waals surface area contributed by atoms with E-state index in [1.165, 1.54) is 0 Å². The summed E-state index contributed by atoms with van der Waals surface area (Å²) in [6.45, 7) is 2.36. The van der Waals surface area contributed by atoms with Gasteiger partial charge in [0.15, 0.2) is 23.3 Å². The van der Waals surface area contributed by atoms with E-state index in [9.17, 15) is 13.2 Å². The standard InChI is InChI=1S/C13H12F3N5/c1-3-20(2)13-7(6-17)12(18)21(19-13)11-5-9(15)8(14)4-10(11)16/h4-5H,3,18H2,1-2H3. The molecule has 0 unspecified atom stereocenters. The molecule has 0 aliphatic rings. The molecule has 0 aliphatic carbocycles. The predicted molar refractivity (Wildman–Crippen MR) is 71.5 cm³/mol. The van der Waals surface area contributed by atoms with Crippen molar-refractivity contribution in [3.63, 3.8) is 0 Å². The summed E-state index contributed by atoms with van der Waals surface area (Å²) >= 11 is 0. The number of nitrogen functional groups attached to an aromatic ring is 1. The molecule has 0 aliphatic heterocycles. The second-order valence-corrected chi connectivity index (χ2v) is 4.34. The van der Waals surface area contributed by atoms with Crippen LogP contribution in [0.25, 0.3) is 5.69 Å². The average molecular weight is 295 g/mol. The molecule has 0 saturated carbocycles. The summed E-state index contributed by atoms with van der Waals surface area (Å²) in [6.07, 6.45) is 0. The number of anilines is 2. The summed E-state index contributed by atoms with van der Waals surface area (Å²) < 4.78 is 41.0. The topological polar surface area (TPSA) is 70.9 Å². The van der Waals surface area contributed by atoms with E-state index in [-0.39, 0.29) is 22.9 Å². The van der Waals surface area contributed by atoms with Crippen molar-refractivity contribution in [2.45, 2.75) is 6.92 Å². The lowest BCUT2D eigenvalue weighted by atomic mass is 10.2. The van der Waals surface area contributed by atoms with E-state index in [0.717, 1.165) is 4.68 Å². The van der Waals surface area contributed by atoms with Crippen molar-refractivity contribution in [1.82, 2.24) is 9.78 Å². The molecule has 0 radical (unpaired) electrons. The molecule has 1 aromatic heterocycles. The Kier molecular flexibility index (Phi) is 3.76. The molecule has 2 N–H and O–H groups in total. The molecule has 1 aromatic carbocycles. The van der Waals surface area contributed by atoms with Gasteiger partial charge in [0, 0.05) is 25.7 Å². The third-order valence-electron chi connectivity index (χ3n) is 3.07. The van der Waals surface area contributed by atoms with Crippen LogP contribution < -0.4 is 10.6 Å². The molecule has 1 heterocycles. The summed E-state index contributed by atoms with van der Waals surface area (Å²) in [6, 6.07) is 2.92. The molecular formula is C13H12F3N5. The first-order chi connectivity index (χ1) is 9.90. The third-order valence-corrected chi connectivity index (χ3v) is 3.07. The summed E-state index contributed by atoms with van der Waals surface area (Å²) in [5.74, 6) is -3.48. The van der Waals surface area contributed by atoms with E-state index >= 15 is 0 Å². The largest absolute Gasteiger partial charge is 0.382 e. The Morgan fingerprint density at radius 2 is 1.90 bits per heavy atom. The van der Waals surface area contributed by atoms with Gasteiger partial charge in [0.1, 0.15) is 23.1 Å². The highest BCUT2D eigenvalue weighted by Crippen LogP contribution is 2.28. The van der Waals surface area contributed by atoms with Crippen LogP contribution in [0, 0.1) is 28.8 Å². The highest BCUT2D eigenvalue weighted by atomic mass is 19.2. The molecule has 0 amide bonds. The zero-order valence-corrected chi connectivity index (χ0v) is 11.4. The minimum atomic E-state index is -1.31. The number of benzene rings is 1. The lowest BCUT2D eigenvalue weighted by Crippen LogP contribution is -2.17. The van der Waals surface area contributed by atoms with E-state index in [2.05, 4.69) is 5.10 Å². The minimum Gasteiger partial charge on any atom is -0.382 e. The third kappa shape index (κ3) is 2.38. The van der Waals surface area contributed by atoms with Crippen molar-refractivity contribution in [2.24, 2.45) is 0 Å². The molecule has 0 fully saturated rings. The number of nitriles is 1.